The number of carbonyl (C=O) groups excluding carboxylic acids is 1. The molecule has 0 aromatic heterocycles. The minimum absolute atomic E-state index is 0.123. The zero-order valence-electron chi connectivity index (χ0n) is 10.6. The Hall–Kier alpha value is -1.17. The van der Waals surface area contributed by atoms with E-state index in [0.717, 1.165) is 20.2 Å². The van der Waals surface area contributed by atoms with Gasteiger partial charge in [0.05, 0.1) is 5.56 Å². The standard InChI is InChI=1S/C15H13Br2NO2/c16-11-3-6-13(14(17)9-11)15(20)18-12-4-1-10(2-5-12)7-8-19/h1-6,9,19H,7-8H2,(H,18,20). The summed E-state index contributed by atoms with van der Waals surface area (Å²) in [6.45, 7) is 0.123. The molecule has 0 saturated heterocycles. The molecule has 2 aromatic carbocycles. The SMILES string of the molecule is O=C(Nc1ccc(CCO)cc1)c1ccc(Br)cc1Br. The molecule has 0 spiro atoms. The van der Waals surface area contributed by atoms with Crippen molar-refractivity contribution in [2.75, 3.05) is 11.9 Å². The topological polar surface area (TPSA) is 49.3 Å². The lowest BCUT2D eigenvalue weighted by molar-refractivity contribution is 0.102. The van der Waals surface area contributed by atoms with E-state index in [9.17, 15) is 4.79 Å². The van der Waals surface area contributed by atoms with Crippen LogP contribution in [0.2, 0.25) is 0 Å². The summed E-state index contributed by atoms with van der Waals surface area (Å²) in [7, 11) is 0. The fourth-order valence-electron chi connectivity index (χ4n) is 1.76. The Kier molecular flexibility index (Phi) is 5.34. The van der Waals surface area contributed by atoms with Gasteiger partial charge in [0.2, 0.25) is 0 Å². The zero-order valence-corrected chi connectivity index (χ0v) is 13.7. The van der Waals surface area contributed by atoms with Crippen LogP contribution in [0.5, 0.6) is 0 Å². The number of anilines is 1. The molecule has 20 heavy (non-hydrogen) atoms. The number of hydrogen-bond acceptors (Lipinski definition) is 2. The van der Waals surface area contributed by atoms with E-state index in [1.54, 1.807) is 6.07 Å². The third kappa shape index (κ3) is 3.91. The number of amides is 1. The minimum Gasteiger partial charge on any atom is -0.396 e. The van der Waals surface area contributed by atoms with E-state index in [1.165, 1.54) is 0 Å². The molecule has 0 heterocycles. The van der Waals surface area contributed by atoms with Crippen LogP contribution in [-0.2, 0) is 6.42 Å². The van der Waals surface area contributed by atoms with Crippen LogP contribution in [0.15, 0.2) is 51.4 Å². The fraction of sp³-hybridized carbons (Fsp3) is 0.133. The summed E-state index contributed by atoms with van der Waals surface area (Å²) in [4.78, 5) is 12.2. The smallest absolute Gasteiger partial charge is 0.256 e. The molecule has 0 fully saturated rings. The first-order valence-corrected chi connectivity index (χ1v) is 7.65. The summed E-state index contributed by atoms with van der Waals surface area (Å²) in [6.07, 6.45) is 0.618. The summed E-state index contributed by atoms with van der Waals surface area (Å²) < 4.78 is 1.65. The van der Waals surface area contributed by atoms with Crippen molar-refractivity contribution in [3.63, 3.8) is 0 Å². The second-order valence-corrected chi connectivity index (χ2v) is 6.02. The molecule has 104 valence electrons. The number of benzene rings is 2. The number of nitrogens with one attached hydrogen (secondary N) is 1. The average molecular weight is 399 g/mol. The molecule has 2 rings (SSSR count). The molecule has 2 aromatic rings. The van der Waals surface area contributed by atoms with E-state index < -0.39 is 0 Å². The van der Waals surface area contributed by atoms with Crippen LogP contribution in [0.4, 0.5) is 5.69 Å². The minimum atomic E-state index is -0.167. The van der Waals surface area contributed by atoms with Gasteiger partial charge in [-0.25, -0.2) is 0 Å². The van der Waals surface area contributed by atoms with Gasteiger partial charge in [-0.05, 0) is 58.2 Å². The van der Waals surface area contributed by atoms with Gasteiger partial charge < -0.3 is 10.4 Å². The Morgan fingerprint density at radius 3 is 2.40 bits per heavy atom. The maximum atomic E-state index is 12.2. The predicted octanol–water partition coefficient (Wildman–Crippen LogP) is 4.00. The first kappa shape index (κ1) is 15.2. The number of carbonyl (C=O) groups is 1. The van der Waals surface area contributed by atoms with E-state index in [4.69, 9.17) is 5.11 Å². The van der Waals surface area contributed by atoms with E-state index in [1.807, 2.05) is 36.4 Å². The highest BCUT2D eigenvalue weighted by Crippen LogP contribution is 2.23. The van der Waals surface area contributed by atoms with Crippen LogP contribution >= 0.6 is 31.9 Å². The van der Waals surface area contributed by atoms with E-state index >= 15 is 0 Å². The van der Waals surface area contributed by atoms with Gasteiger partial charge in [-0.15, -0.1) is 0 Å². The first-order valence-electron chi connectivity index (χ1n) is 6.06. The Labute approximate surface area is 134 Å². The molecule has 0 unspecified atom stereocenters. The molecule has 0 aliphatic heterocycles. The highest BCUT2D eigenvalue weighted by Gasteiger charge is 2.10. The van der Waals surface area contributed by atoms with Gasteiger partial charge in [0.25, 0.3) is 5.91 Å². The fourth-order valence-corrected chi connectivity index (χ4v) is 2.98. The van der Waals surface area contributed by atoms with E-state index in [-0.39, 0.29) is 12.5 Å². The lowest BCUT2D eigenvalue weighted by atomic mass is 10.1. The maximum absolute atomic E-state index is 12.2. The first-order chi connectivity index (χ1) is 9.60. The summed E-state index contributed by atoms with van der Waals surface area (Å²) in [5, 5.41) is 11.7. The molecule has 5 heteroatoms. The molecule has 0 aliphatic rings. The second kappa shape index (κ2) is 7.02. The van der Waals surface area contributed by atoms with Crippen molar-refractivity contribution < 1.29 is 9.90 Å². The zero-order chi connectivity index (χ0) is 14.5. The maximum Gasteiger partial charge on any atom is 0.256 e. The van der Waals surface area contributed by atoms with Gasteiger partial charge in [-0.1, -0.05) is 28.1 Å². The number of hydrogen-bond donors (Lipinski definition) is 2. The normalized spacial score (nSPS) is 10.3. The molecule has 0 bridgehead atoms. The molecule has 3 nitrogen and oxygen atoms in total. The number of rotatable bonds is 4. The quantitative estimate of drug-likeness (QED) is 0.817. The third-order valence-electron chi connectivity index (χ3n) is 2.79. The molecular formula is C15H13Br2NO2. The van der Waals surface area contributed by atoms with Crippen LogP contribution < -0.4 is 5.32 Å². The largest absolute Gasteiger partial charge is 0.396 e. The highest BCUT2D eigenvalue weighted by molar-refractivity contribution is 9.11. The van der Waals surface area contributed by atoms with E-state index in [0.29, 0.717) is 12.0 Å². The number of aliphatic hydroxyl groups excluding tert-OH is 1. The number of halogens is 2. The third-order valence-corrected chi connectivity index (χ3v) is 3.94. The van der Waals surface area contributed by atoms with Crippen LogP contribution in [0.25, 0.3) is 0 Å². The van der Waals surface area contributed by atoms with Gasteiger partial charge in [0, 0.05) is 21.2 Å². The monoisotopic (exact) mass is 397 g/mol. The van der Waals surface area contributed by atoms with Crippen LogP contribution in [0.3, 0.4) is 0 Å². The van der Waals surface area contributed by atoms with Crippen LogP contribution in [-0.4, -0.2) is 17.6 Å². The highest BCUT2D eigenvalue weighted by atomic mass is 79.9. The lowest BCUT2D eigenvalue weighted by Gasteiger charge is -2.08. The Morgan fingerprint density at radius 2 is 1.80 bits per heavy atom. The molecular weight excluding hydrogens is 386 g/mol. The van der Waals surface area contributed by atoms with Crippen molar-refractivity contribution >= 4 is 43.5 Å². The Morgan fingerprint density at radius 1 is 1.10 bits per heavy atom. The van der Waals surface area contributed by atoms with Crippen molar-refractivity contribution in [1.82, 2.24) is 0 Å². The van der Waals surface area contributed by atoms with Crippen molar-refractivity contribution in [3.8, 4) is 0 Å². The summed E-state index contributed by atoms with van der Waals surface area (Å²) in [6, 6.07) is 12.9. The predicted molar refractivity (Wildman–Crippen MR) is 87.0 cm³/mol. The van der Waals surface area contributed by atoms with Crippen molar-refractivity contribution in [2.45, 2.75) is 6.42 Å². The molecule has 0 atom stereocenters. The number of aliphatic hydroxyl groups is 1. The van der Waals surface area contributed by atoms with Crippen molar-refractivity contribution in [3.05, 3.63) is 62.5 Å². The van der Waals surface area contributed by atoms with Gasteiger partial charge in [-0.2, -0.15) is 0 Å². The average Bonchev–Trinajstić information content (AvgIpc) is 2.41. The summed E-state index contributed by atoms with van der Waals surface area (Å²) in [5.74, 6) is -0.167. The molecule has 0 aliphatic carbocycles. The van der Waals surface area contributed by atoms with Crippen molar-refractivity contribution in [1.29, 1.82) is 0 Å². The molecule has 2 N–H and O–H groups in total. The van der Waals surface area contributed by atoms with Gasteiger partial charge in [0.15, 0.2) is 0 Å². The van der Waals surface area contributed by atoms with Gasteiger partial charge in [0.1, 0.15) is 0 Å². The van der Waals surface area contributed by atoms with E-state index in [2.05, 4.69) is 37.2 Å². The van der Waals surface area contributed by atoms with Crippen LogP contribution in [0, 0.1) is 0 Å². The summed E-state index contributed by atoms with van der Waals surface area (Å²) >= 11 is 6.73. The molecule has 1 amide bonds. The second-order valence-electron chi connectivity index (χ2n) is 4.25. The molecule has 0 saturated carbocycles. The molecule has 0 radical (unpaired) electrons. The van der Waals surface area contributed by atoms with Gasteiger partial charge >= 0.3 is 0 Å². The lowest BCUT2D eigenvalue weighted by Crippen LogP contribution is -2.12. The van der Waals surface area contributed by atoms with Crippen molar-refractivity contribution in [2.24, 2.45) is 0 Å². The summed E-state index contributed by atoms with van der Waals surface area (Å²) in [5.41, 5.74) is 2.34. The Balaban J connectivity index is 2.11. The van der Waals surface area contributed by atoms with Crippen LogP contribution in [0.1, 0.15) is 15.9 Å². The Bertz CT molecular complexity index is 612. The van der Waals surface area contributed by atoms with Gasteiger partial charge in [-0.3, -0.25) is 4.79 Å².